The van der Waals surface area contributed by atoms with Crippen molar-refractivity contribution >= 4 is 27.2 Å². The van der Waals surface area contributed by atoms with Gasteiger partial charge in [-0.1, -0.05) is 57.2 Å². The highest BCUT2D eigenvalue weighted by Crippen LogP contribution is 2.26. The van der Waals surface area contributed by atoms with Crippen molar-refractivity contribution in [1.29, 1.82) is 0 Å². The van der Waals surface area contributed by atoms with Crippen LogP contribution >= 0.6 is 11.3 Å². The van der Waals surface area contributed by atoms with Gasteiger partial charge in [-0.25, -0.2) is 0 Å². The van der Waals surface area contributed by atoms with Gasteiger partial charge >= 0.3 is 0 Å². The summed E-state index contributed by atoms with van der Waals surface area (Å²) in [7, 11) is 0. The van der Waals surface area contributed by atoms with E-state index in [1.54, 1.807) is 11.3 Å². The largest absolute Gasteiger partial charge is 0.293 e. The van der Waals surface area contributed by atoms with Gasteiger partial charge in [0, 0.05) is 11.1 Å². The number of fused-ring (bicyclic) bond motifs is 1. The average molecular weight is 274 g/mol. The lowest BCUT2D eigenvalue weighted by Gasteiger charge is -1.99. The predicted molar refractivity (Wildman–Crippen MR) is 84.1 cm³/mol. The molecular formula is C17H22OS. The van der Waals surface area contributed by atoms with E-state index in [4.69, 9.17) is 0 Å². The molecule has 0 spiro atoms. The summed E-state index contributed by atoms with van der Waals surface area (Å²) in [5.74, 6) is 0.316. The molecule has 0 atom stereocenters. The molecule has 0 radical (unpaired) electrons. The van der Waals surface area contributed by atoms with Crippen molar-refractivity contribution in [2.75, 3.05) is 0 Å². The molecule has 0 bridgehead atoms. The molecule has 19 heavy (non-hydrogen) atoms. The topological polar surface area (TPSA) is 17.1 Å². The van der Waals surface area contributed by atoms with Crippen LogP contribution in [0.25, 0.3) is 10.1 Å². The van der Waals surface area contributed by atoms with Crippen LogP contribution in [0.3, 0.4) is 0 Å². The molecule has 2 aromatic rings. The minimum Gasteiger partial charge on any atom is -0.293 e. The number of rotatable bonds is 8. The number of unbranched alkanes of at least 4 members (excludes halogenated alkanes) is 5. The maximum atomic E-state index is 12.1. The van der Waals surface area contributed by atoms with Crippen molar-refractivity contribution in [3.05, 3.63) is 35.2 Å². The van der Waals surface area contributed by atoms with Crippen molar-refractivity contribution < 1.29 is 4.79 Å². The van der Waals surface area contributed by atoms with Crippen LogP contribution in [-0.4, -0.2) is 5.78 Å². The van der Waals surface area contributed by atoms with E-state index in [0.29, 0.717) is 12.2 Å². The fourth-order valence-corrected chi connectivity index (χ4v) is 3.34. The van der Waals surface area contributed by atoms with E-state index >= 15 is 0 Å². The summed E-state index contributed by atoms with van der Waals surface area (Å²) >= 11 is 1.63. The van der Waals surface area contributed by atoms with E-state index in [2.05, 4.69) is 19.1 Å². The van der Waals surface area contributed by atoms with Crippen LogP contribution in [0.4, 0.5) is 0 Å². The van der Waals surface area contributed by atoms with Crippen molar-refractivity contribution in [2.45, 2.75) is 51.9 Å². The Bertz CT molecular complexity index is 494. The molecule has 0 saturated heterocycles. The standard InChI is InChI=1S/C17H22OS/c1-2-3-4-5-6-7-11-15(18)17-13-14-10-8-9-12-16(14)19-17/h8-10,12-13H,2-7,11H2,1H3. The highest BCUT2D eigenvalue weighted by Gasteiger charge is 2.09. The van der Waals surface area contributed by atoms with Crippen molar-refractivity contribution in [2.24, 2.45) is 0 Å². The number of hydrogen-bond donors (Lipinski definition) is 0. The van der Waals surface area contributed by atoms with Crippen molar-refractivity contribution in [3.63, 3.8) is 0 Å². The average Bonchev–Trinajstić information content (AvgIpc) is 2.86. The minimum atomic E-state index is 0.316. The normalized spacial score (nSPS) is 11.0. The van der Waals surface area contributed by atoms with Crippen molar-refractivity contribution in [3.8, 4) is 0 Å². The van der Waals surface area contributed by atoms with Crippen LogP contribution in [0.1, 0.15) is 61.5 Å². The molecule has 0 amide bonds. The third-order valence-corrected chi connectivity index (χ3v) is 4.61. The van der Waals surface area contributed by atoms with Gasteiger partial charge in [0.25, 0.3) is 0 Å². The molecule has 0 aliphatic heterocycles. The van der Waals surface area contributed by atoms with Crippen LogP contribution in [0.15, 0.2) is 30.3 Å². The number of hydrogen-bond acceptors (Lipinski definition) is 2. The predicted octanol–water partition coefficient (Wildman–Crippen LogP) is 5.83. The van der Waals surface area contributed by atoms with E-state index < -0.39 is 0 Å². The lowest BCUT2D eigenvalue weighted by molar-refractivity contribution is 0.0983. The molecule has 102 valence electrons. The van der Waals surface area contributed by atoms with Crippen LogP contribution in [0.5, 0.6) is 0 Å². The fraction of sp³-hybridized carbons (Fsp3) is 0.471. The molecule has 0 aliphatic rings. The van der Waals surface area contributed by atoms with Gasteiger partial charge in [-0.05, 0) is 23.9 Å². The lowest BCUT2D eigenvalue weighted by Crippen LogP contribution is -1.95. The smallest absolute Gasteiger partial charge is 0.172 e. The summed E-state index contributed by atoms with van der Waals surface area (Å²) in [6.07, 6.45) is 8.12. The Morgan fingerprint density at radius 3 is 2.58 bits per heavy atom. The summed E-state index contributed by atoms with van der Waals surface area (Å²) in [6, 6.07) is 10.3. The van der Waals surface area contributed by atoms with Crippen LogP contribution in [-0.2, 0) is 0 Å². The molecule has 0 saturated carbocycles. The number of carbonyl (C=O) groups is 1. The maximum absolute atomic E-state index is 12.1. The Labute approximate surface area is 119 Å². The molecule has 1 aromatic carbocycles. The Hall–Kier alpha value is -1.15. The molecule has 1 aromatic heterocycles. The van der Waals surface area contributed by atoms with Gasteiger partial charge in [-0.15, -0.1) is 11.3 Å². The number of carbonyl (C=O) groups excluding carboxylic acids is 1. The number of thiophene rings is 1. The van der Waals surface area contributed by atoms with Gasteiger partial charge in [0.2, 0.25) is 0 Å². The highest BCUT2D eigenvalue weighted by atomic mass is 32.1. The van der Waals surface area contributed by atoms with Gasteiger partial charge in [0.05, 0.1) is 4.88 Å². The third-order valence-electron chi connectivity index (χ3n) is 3.46. The van der Waals surface area contributed by atoms with Crippen LogP contribution < -0.4 is 0 Å². The van der Waals surface area contributed by atoms with E-state index in [-0.39, 0.29) is 0 Å². The quantitative estimate of drug-likeness (QED) is 0.437. The first-order chi connectivity index (χ1) is 9.31. The SMILES string of the molecule is CCCCCCCCC(=O)c1cc2ccccc2s1. The monoisotopic (exact) mass is 274 g/mol. The Kier molecular flexibility index (Phi) is 5.59. The van der Waals surface area contributed by atoms with Gasteiger partial charge in [0.1, 0.15) is 0 Å². The first-order valence-electron chi connectivity index (χ1n) is 7.33. The molecule has 2 heteroatoms. The Balaban J connectivity index is 1.79. The third kappa shape index (κ3) is 4.17. The van der Waals surface area contributed by atoms with Gasteiger partial charge in [0.15, 0.2) is 5.78 Å². The number of benzene rings is 1. The molecular weight excluding hydrogens is 252 g/mol. The molecule has 2 rings (SSSR count). The van der Waals surface area contributed by atoms with Gasteiger partial charge < -0.3 is 0 Å². The molecule has 0 N–H and O–H groups in total. The van der Waals surface area contributed by atoms with Gasteiger partial charge in [-0.2, -0.15) is 0 Å². The summed E-state index contributed by atoms with van der Waals surface area (Å²) in [4.78, 5) is 13.0. The summed E-state index contributed by atoms with van der Waals surface area (Å²) < 4.78 is 1.22. The van der Waals surface area contributed by atoms with Crippen molar-refractivity contribution in [1.82, 2.24) is 0 Å². The molecule has 1 heterocycles. The second kappa shape index (κ2) is 7.44. The number of ketones is 1. The Morgan fingerprint density at radius 1 is 1.05 bits per heavy atom. The molecule has 0 unspecified atom stereocenters. The second-order valence-corrected chi connectivity index (χ2v) is 6.17. The minimum absolute atomic E-state index is 0.316. The molecule has 0 fully saturated rings. The van der Waals surface area contributed by atoms with E-state index in [1.807, 2.05) is 18.2 Å². The Morgan fingerprint density at radius 2 is 1.79 bits per heavy atom. The summed E-state index contributed by atoms with van der Waals surface area (Å²) in [5.41, 5.74) is 0. The fourth-order valence-electron chi connectivity index (χ4n) is 2.31. The highest BCUT2D eigenvalue weighted by molar-refractivity contribution is 7.20. The van der Waals surface area contributed by atoms with E-state index in [0.717, 1.165) is 11.3 Å². The molecule has 1 nitrogen and oxygen atoms in total. The van der Waals surface area contributed by atoms with Crippen LogP contribution in [0.2, 0.25) is 0 Å². The first kappa shape index (κ1) is 14.3. The zero-order valence-corrected chi connectivity index (χ0v) is 12.5. The summed E-state index contributed by atoms with van der Waals surface area (Å²) in [5, 5.41) is 1.19. The lowest BCUT2D eigenvalue weighted by atomic mass is 10.1. The first-order valence-corrected chi connectivity index (χ1v) is 8.14. The van der Waals surface area contributed by atoms with E-state index in [9.17, 15) is 4.79 Å². The maximum Gasteiger partial charge on any atom is 0.172 e. The zero-order chi connectivity index (χ0) is 13.5. The second-order valence-electron chi connectivity index (χ2n) is 5.09. The molecule has 0 aliphatic carbocycles. The van der Waals surface area contributed by atoms with Crippen LogP contribution in [0, 0.1) is 0 Å². The summed E-state index contributed by atoms with van der Waals surface area (Å²) in [6.45, 7) is 2.23. The van der Waals surface area contributed by atoms with E-state index in [1.165, 1.54) is 42.2 Å². The van der Waals surface area contributed by atoms with Gasteiger partial charge in [-0.3, -0.25) is 4.79 Å². The zero-order valence-electron chi connectivity index (χ0n) is 11.7. The number of Topliss-reactive ketones (excluding diaryl/α,β-unsaturated/α-hetero) is 1.